The summed E-state index contributed by atoms with van der Waals surface area (Å²) in [6.45, 7) is 8.39. The van der Waals surface area contributed by atoms with E-state index in [0.717, 1.165) is 23.1 Å². The summed E-state index contributed by atoms with van der Waals surface area (Å²) in [6.07, 6.45) is 0.490. The van der Waals surface area contributed by atoms with Crippen LogP contribution < -0.4 is 0 Å². The maximum Gasteiger partial charge on any atom is 0.104 e. The Morgan fingerprint density at radius 3 is 2.05 bits per heavy atom. The van der Waals surface area contributed by atoms with Crippen LogP contribution in [0.1, 0.15) is 46.4 Å². The van der Waals surface area contributed by atoms with Gasteiger partial charge in [0.1, 0.15) is 6.10 Å². The van der Waals surface area contributed by atoms with Crippen LogP contribution in [0.4, 0.5) is 0 Å². The highest BCUT2D eigenvalue weighted by Crippen LogP contribution is 2.27. The Morgan fingerprint density at radius 2 is 1.47 bits per heavy atom. The molecule has 19 heavy (non-hydrogen) atoms. The molecule has 0 spiro atoms. The average molecular weight is 254 g/mol. The number of aliphatic hydroxyl groups excluding tert-OH is 1. The Labute approximate surface area is 115 Å². The Hall–Kier alpha value is -1.60. The smallest absolute Gasteiger partial charge is 0.104 e. The van der Waals surface area contributed by atoms with Crippen molar-refractivity contribution in [3.05, 3.63) is 69.8 Å². The van der Waals surface area contributed by atoms with E-state index in [1.807, 2.05) is 12.1 Å². The number of aliphatic hydroxyl groups is 1. The normalized spacial score (nSPS) is 12.5. The molecule has 1 atom stereocenters. The minimum atomic E-state index is -0.537. The maximum absolute atomic E-state index is 10.6. The van der Waals surface area contributed by atoms with Crippen LogP contribution in [-0.2, 0) is 6.42 Å². The van der Waals surface area contributed by atoms with E-state index in [1.165, 1.54) is 16.7 Å². The molecule has 0 radical (unpaired) electrons. The van der Waals surface area contributed by atoms with Crippen molar-refractivity contribution in [2.75, 3.05) is 0 Å². The van der Waals surface area contributed by atoms with E-state index in [1.54, 1.807) is 0 Å². The van der Waals surface area contributed by atoms with Crippen LogP contribution in [0.5, 0.6) is 0 Å². The fraction of sp³-hybridized carbons (Fsp3) is 0.333. The summed E-state index contributed by atoms with van der Waals surface area (Å²) in [5.41, 5.74) is 6.92. The maximum atomic E-state index is 10.6. The zero-order chi connectivity index (χ0) is 14.0. The summed E-state index contributed by atoms with van der Waals surface area (Å²) in [5.74, 6) is 0. The summed E-state index contributed by atoms with van der Waals surface area (Å²) in [5, 5.41) is 10.6. The molecule has 100 valence electrons. The number of rotatable bonds is 3. The first-order chi connectivity index (χ1) is 9.02. The molecule has 0 aliphatic heterocycles. The molecule has 1 unspecified atom stereocenters. The SMILES string of the molecule is CCc1ccc(C(O)c2cc(C)c(C)cc2C)cc1. The van der Waals surface area contributed by atoms with Crippen LogP contribution >= 0.6 is 0 Å². The zero-order valence-electron chi connectivity index (χ0n) is 12.2. The van der Waals surface area contributed by atoms with Crippen molar-refractivity contribution < 1.29 is 5.11 Å². The minimum absolute atomic E-state index is 0.537. The first-order valence-corrected chi connectivity index (χ1v) is 6.87. The van der Waals surface area contributed by atoms with Gasteiger partial charge in [-0.1, -0.05) is 43.3 Å². The van der Waals surface area contributed by atoms with Gasteiger partial charge in [-0.05, 0) is 60.6 Å². The first-order valence-electron chi connectivity index (χ1n) is 6.87. The number of hydrogen-bond donors (Lipinski definition) is 1. The highest BCUT2D eigenvalue weighted by Gasteiger charge is 2.13. The van der Waals surface area contributed by atoms with E-state index >= 15 is 0 Å². The molecule has 2 aromatic carbocycles. The molecule has 2 aromatic rings. The van der Waals surface area contributed by atoms with Crippen LogP contribution in [0.15, 0.2) is 36.4 Å². The average Bonchev–Trinajstić information content (AvgIpc) is 2.42. The number of aryl methyl sites for hydroxylation is 4. The predicted octanol–water partition coefficient (Wildman–Crippen LogP) is 4.26. The van der Waals surface area contributed by atoms with Gasteiger partial charge in [-0.25, -0.2) is 0 Å². The lowest BCUT2D eigenvalue weighted by Crippen LogP contribution is -2.03. The second-order valence-corrected chi connectivity index (χ2v) is 5.29. The van der Waals surface area contributed by atoms with Gasteiger partial charge in [-0.2, -0.15) is 0 Å². The van der Waals surface area contributed by atoms with Crippen LogP contribution in [-0.4, -0.2) is 5.11 Å². The zero-order valence-corrected chi connectivity index (χ0v) is 12.2. The first kappa shape index (κ1) is 13.8. The van der Waals surface area contributed by atoms with Crippen molar-refractivity contribution in [1.82, 2.24) is 0 Å². The summed E-state index contributed by atoms with van der Waals surface area (Å²) >= 11 is 0. The molecule has 1 N–H and O–H groups in total. The van der Waals surface area contributed by atoms with Gasteiger partial charge in [-0.15, -0.1) is 0 Å². The number of benzene rings is 2. The van der Waals surface area contributed by atoms with E-state index in [9.17, 15) is 5.11 Å². The van der Waals surface area contributed by atoms with E-state index in [4.69, 9.17) is 0 Å². The molecule has 0 fully saturated rings. The molecule has 2 rings (SSSR count). The Morgan fingerprint density at radius 1 is 0.895 bits per heavy atom. The van der Waals surface area contributed by atoms with Crippen LogP contribution in [0.3, 0.4) is 0 Å². The van der Waals surface area contributed by atoms with Gasteiger partial charge in [0.2, 0.25) is 0 Å². The highest BCUT2D eigenvalue weighted by molar-refractivity contribution is 5.41. The third-order valence-corrected chi connectivity index (χ3v) is 3.88. The van der Waals surface area contributed by atoms with Crippen LogP contribution in [0, 0.1) is 20.8 Å². The van der Waals surface area contributed by atoms with Gasteiger partial charge < -0.3 is 5.11 Å². The van der Waals surface area contributed by atoms with Crippen molar-refractivity contribution in [1.29, 1.82) is 0 Å². The topological polar surface area (TPSA) is 20.2 Å². The Balaban J connectivity index is 2.37. The lowest BCUT2D eigenvalue weighted by Gasteiger charge is -2.16. The quantitative estimate of drug-likeness (QED) is 0.868. The molecular weight excluding hydrogens is 232 g/mol. The third-order valence-electron chi connectivity index (χ3n) is 3.88. The van der Waals surface area contributed by atoms with E-state index in [2.05, 4.69) is 52.0 Å². The third kappa shape index (κ3) is 2.87. The van der Waals surface area contributed by atoms with Crippen molar-refractivity contribution in [3.63, 3.8) is 0 Å². The van der Waals surface area contributed by atoms with Gasteiger partial charge in [0, 0.05) is 0 Å². The monoisotopic (exact) mass is 254 g/mol. The highest BCUT2D eigenvalue weighted by atomic mass is 16.3. The molecular formula is C18H22O. The van der Waals surface area contributed by atoms with Gasteiger partial charge in [0.05, 0.1) is 0 Å². The number of hydrogen-bond acceptors (Lipinski definition) is 1. The van der Waals surface area contributed by atoms with Crippen LogP contribution in [0.25, 0.3) is 0 Å². The van der Waals surface area contributed by atoms with Gasteiger partial charge in [0.15, 0.2) is 0 Å². The van der Waals surface area contributed by atoms with Crippen molar-refractivity contribution in [3.8, 4) is 0 Å². The summed E-state index contributed by atoms with van der Waals surface area (Å²) in [6, 6.07) is 12.5. The van der Waals surface area contributed by atoms with Gasteiger partial charge >= 0.3 is 0 Å². The lowest BCUT2D eigenvalue weighted by molar-refractivity contribution is 0.219. The minimum Gasteiger partial charge on any atom is -0.384 e. The molecule has 0 aromatic heterocycles. The molecule has 0 saturated heterocycles. The van der Waals surface area contributed by atoms with Gasteiger partial charge in [0.25, 0.3) is 0 Å². The van der Waals surface area contributed by atoms with Crippen molar-refractivity contribution in [2.24, 2.45) is 0 Å². The summed E-state index contributed by atoms with van der Waals surface area (Å²) in [7, 11) is 0. The summed E-state index contributed by atoms with van der Waals surface area (Å²) in [4.78, 5) is 0. The Kier molecular flexibility index (Phi) is 4.06. The van der Waals surface area contributed by atoms with E-state index < -0.39 is 6.10 Å². The fourth-order valence-corrected chi connectivity index (χ4v) is 2.39. The van der Waals surface area contributed by atoms with E-state index in [0.29, 0.717) is 0 Å². The molecule has 0 amide bonds. The Bertz CT molecular complexity index is 567. The second kappa shape index (κ2) is 5.58. The molecule has 0 bridgehead atoms. The molecule has 1 heteroatoms. The summed E-state index contributed by atoms with van der Waals surface area (Å²) < 4.78 is 0. The largest absolute Gasteiger partial charge is 0.384 e. The predicted molar refractivity (Wildman–Crippen MR) is 80.5 cm³/mol. The standard InChI is InChI=1S/C18H22O/c1-5-15-6-8-16(9-7-15)18(19)17-11-13(3)12(2)10-14(17)4/h6-11,18-19H,5H2,1-4H3. The fourth-order valence-electron chi connectivity index (χ4n) is 2.39. The second-order valence-electron chi connectivity index (χ2n) is 5.29. The molecule has 0 aliphatic rings. The molecule has 0 aliphatic carbocycles. The van der Waals surface area contributed by atoms with E-state index in [-0.39, 0.29) is 0 Å². The molecule has 0 heterocycles. The van der Waals surface area contributed by atoms with Crippen molar-refractivity contribution >= 4 is 0 Å². The molecule has 0 saturated carbocycles. The lowest BCUT2D eigenvalue weighted by atomic mass is 9.93. The van der Waals surface area contributed by atoms with Gasteiger partial charge in [-0.3, -0.25) is 0 Å². The molecule has 1 nitrogen and oxygen atoms in total. The van der Waals surface area contributed by atoms with Crippen molar-refractivity contribution in [2.45, 2.75) is 40.2 Å². The van der Waals surface area contributed by atoms with Crippen LogP contribution in [0.2, 0.25) is 0 Å².